The number of aliphatic hydroxyl groups excluding tert-OH is 1. The first kappa shape index (κ1) is 17.5. The maximum absolute atomic E-state index is 11.0. The van der Waals surface area contributed by atoms with E-state index in [1.807, 2.05) is 25.1 Å². The largest absolute Gasteiger partial charge is 0.496 e. The highest BCUT2D eigenvalue weighted by atomic mass is 16.5. The molecular weight excluding hydrogens is 270 g/mol. The van der Waals surface area contributed by atoms with Crippen LogP contribution in [0.25, 0.3) is 0 Å². The fraction of sp³-hybridized carbons (Fsp3) is 0.562. The lowest BCUT2D eigenvalue weighted by Gasteiger charge is -2.25. The highest BCUT2D eigenvalue weighted by Gasteiger charge is 2.25. The first-order chi connectivity index (χ1) is 9.90. The molecule has 0 heterocycles. The van der Waals surface area contributed by atoms with Crippen LogP contribution in [0.2, 0.25) is 0 Å². The smallest absolute Gasteiger partial charge is 0.305 e. The summed E-state index contributed by atoms with van der Waals surface area (Å²) in [7, 11) is 1.54. The van der Waals surface area contributed by atoms with Crippen LogP contribution in [0.5, 0.6) is 5.75 Å². The number of carboxylic acid groups (broad SMARTS) is 1. The summed E-state index contributed by atoms with van der Waals surface area (Å²) < 4.78 is 5.30. The van der Waals surface area contributed by atoms with E-state index in [2.05, 4.69) is 19.2 Å². The second kappa shape index (κ2) is 8.00. The molecule has 0 amide bonds. The highest BCUT2D eigenvalue weighted by Crippen LogP contribution is 2.31. The monoisotopic (exact) mass is 295 g/mol. The van der Waals surface area contributed by atoms with Crippen LogP contribution in [-0.4, -0.2) is 35.9 Å². The molecule has 3 N–H and O–H groups in total. The molecule has 0 aliphatic carbocycles. The minimum Gasteiger partial charge on any atom is -0.496 e. The number of rotatable bonds is 8. The van der Waals surface area contributed by atoms with Crippen molar-refractivity contribution in [3.63, 3.8) is 0 Å². The van der Waals surface area contributed by atoms with Gasteiger partial charge >= 0.3 is 5.97 Å². The van der Waals surface area contributed by atoms with Crippen molar-refractivity contribution in [2.75, 3.05) is 13.7 Å². The van der Waals surface area contributed by atoms with Gasteiger partial charge in [-0.1, -0.05) is 26.8 Å². The summed E-state index contributed by atoms with van der Waals surface area (Å²) in [4.78, 5) is 11.0. The van der Waals surface area contributed by atoms with Gasteiger partial charge in [0.2, 0.25) is 0 Å². The molecule has 0 aliphatic heterocycles. The Morgan fingerprint density at radius 3 is 2.52 bits per heavy atom. The summed E-state index contributed by atoms with van der Waals surface area (Å²) in [5.41, 5.74) is 1.70. The number of benzene rings is 1. The number of methoxy groups -OCH3 is 1. The quantitative estimate of drug-likeness (QED) is 0.686. The normalized spacial score (nSPS) is 14.0. The molecule has 5 heteroatoms. The Hall–Kier alpha value is -1.59. The molecule has 0 aromatic heterocycles. The molecule has 5 nitrogen and oxygen atoms in total. The maximum Gasteiger partial charge on any atom is 0.305 e. The third-order valence-electron chi connectivity index (χ3n) is 3.48. The van der Waals surface area contributed by atoms with Gasteiger partial charge in [0.15, 0.2) is 0 Å². The molecule has 1 rings (SSSR count). The molecule has 0 saturated heterocycles. The fourth-order valence-corrected chi connectivity index (χ4v) is 2.31. The van der Waals surface area contributed by atoms with Gasteiger partial charge in [0.25, 0.3) is 0 Å². The minimum absolute atomic E-state index is 0.149. The van der Waals surface area contributed by atoms with E-state index in [0.29, 0.717) is 23.8 Å². The van der Waals surface area contributed by atoms with E-state index in [9.17, 15) is 9.90 Å². The van der Waals surface area contributed by atoms with Gasteiger partial charge in [-0.2, -0.15) is 0 Å². The van der Waals surface area contributed by atoms with Crippen LogP contribution in [0.4, 0.5) is 0 Å². The van der Waals surface area contributed by atoms with Gasteiger partial charge < -0.3 is 20.3 Å². The standard InChI is InChI=1S/C16H25NO4/c1-5-17-13(9-15(18)19)16(20)12-8-11(10(2)3)6-7-14(12)21-4/h6-8,10,13,16-17,20H,5,9H2,1-4H3,(H,18,19). The molecule has 1 aromatic rings. The van der Waals surface area contributed by atoms with Crippen molar-refractivity contribution < 1.29 is 19.7 Å². The van der Waals surface area contributed by atoms with Crippen LogP contribution in [0.15, 0.2) is 18.2 Å². The molecule has 0 saturated carbocycles. The zero-order valence-corrected chi connectivity index (χ0v) is 13.1. The van der Waals surface area contributed by atoms with Gasteiger partial charge in [-0.25, -0.2) is 0 Å². The Kier molecular flexibility index (Phi) is 6.65. The van der Waals surface area contributed by atoms with Crippen molar-refractivity contribution in [2.24, 2.45) is 0 Å². The first-order valence-corrected chi connectivity index (χ1v) is 7.21. The SMILES string of the molecule is CCNC(CC(=O)O)C(O)c1cc(C(C)C)ccc1OC. The molecule has 118 valence electrons. The van der Waals surface area contributed by atoms with Crippen LogP contribution >= 0.6 is 0 Å². The second-order valence-electron chi connectivity index (χ2n) is 5.36. The van der Waals surface area contributed by atoms with Crippen LogP contribution in [0.1, 0.15) is 50.3 Å². The number of hydrogen-bond acceptors (Lipinski definition) is 4. The predicted octanol–water partition coefficient (Wildman–Crippen LogP) is 2.30. The number of aliphatic hydroxyl groups is 1. The molecule has 0 spiro atoms. The Bertz CT molecular complexity index is 473. The van der Waals surface area contributed by atoms with Crippen molar-refractivity contribution in [3.8, 4) is 5.75 Å². The zero-order valence-electron chi connectivity index (χ0n) is 13.1. The lowest BCUT2D eigenvalue weighted by Crippen LogP contribution is -2.37. The molecule has 2 atom stereocenters. The third-order valence-corrected chi connectivity index (χ3v) is 3.48. The Morgan fingerprint density at radius 1 is 1.38 bits per heavy atom. The molecule has 0 aliphatic rings. The van der Waals surface area contributed by atoms with Gasteiger partial charge in [-0.3, -0.25) is 4.79 Å². The van der Waals surface area contributed by atoms with Gasteiger partial charge in [0, 0.05) is 11.6 Å². The maximum atomic E-state index is 11.0. The minimum atomic E-state index is -0.945. The van der Waals surface area contributed by atoms with E-state index >= 15 is 0 Å². The van der Waals surface area contributed by atoms with Crippen molar-refractivity contribution in [1.29, 1.82) is 0 Å². The van der Waals surface area contributed by atoms with Gasteiger partial charge in [-0.05, 0) is 30.2 Å². The van der Waals surface area contributed by atoms with Crippen molar-refractivity contribution >= 4 is 5.97 Å². The molecular formula is C16H25NO4. The summed E-state index contributed by atoms with van der Waals surface area (Å²) in [6.07, 6.45) is -1.08. The van der Waals surface area contributed by atoms with Crippen molar-refractivity contribution in [1.82, 2.24) is 5.32 Å². The summed E-state index contributed by atoms with van der Waals surface area (Å²) in [6, 6.07) is 5.11. The van der Waals surface area contributed by atoms with E-state index in [1.165, 1.54) is 0 Å². The zero-order chi connectivity index (χ0) is 16.0. The highest BCUT2D eigenvalue weighted by molar-refractivity contribution is 5.67. The van der Waals surface area contributed by atoms with Crippen LogP contribution in [0, 0.1) is 0 Å². The molecule has 2 unspecified atom stereocenters. The Morgan fingerprint density at radius 2 is 2.05 bits per heavy atom. The van der Waals surface area contributed by atoms with E-state index in [4.69, 9.17) is 9.84 Å². The molecule has 21 heavy (non-hydrogen) atoms. The number of carbonyl (C=O) groups is 1. The predicted molar refractivity (Wildman–Crippen MR) is 81.8 cm³/mol. The number of likely N-dealkylation sites (N-methyl/N-ethyl adjacent to an activating group) is 1. The van der Waals surface area contributed by atoms with Gasteiger partial charge in [-0.15, -0.1) is 0 Å². The average Bonchev–Trinajstić information content (AvgIpc) is 2.44. The van der Waals surface area contributed by atoms with Crippen LogP contribution < -0.4 is 10.1 Å². The summed E-state index contributed by atoms with van der Waals surface area (Å²) >= 11 is 0. The van der Waals surface area contributed by atoms with E-state index in [1.54, 1.807) is 7.11 Å². The first-order valence-electron chi connectivity index (χ1n) is 7.21. The molecule has 0 bridgehead atoms. The number of hydrogen-bond donors (Lipinski definition) is 3. The van der Waals surface area contributed by atoms with Crippen LogP contribution in [0.3, 0.4) is 0 Å². The fourth-order valence-electron chi connectivity index (χ4n) is 2.31. The second-order valence-corrected chi connectivity index (χ2v) is 5.36. The molecule has 0 radical (unpaired) electrons. The summed E-state index contributed by atoms with van der Waals surface area (Å²) in [5.74, 6) is -0.0573. The van der Waals surface area contributed by atoms with E-state index < -0.39 is 18.1 Å². The topological polar surface area (TPSA) is 78.8 Å². The lowest BCUT2D eigenvalue weighted by molar-refractivity contribution is -0.138. The summed E-state index contributed by atoms with van der Waals surface area (Å²) in [5, 5.41) is 22.6. The van der Waals surface area contributed by atoms with E-state index in [0.717, 1.165) is 5.56 Å². The van der Waals surface area contributed by atoms with Crippen molar-refractivity contribution in [2.45, 2.75) is 45.3 Å². The number of nitrogens with one attached hydrogen (secondary N) is 1. The van der Waals surface area contributed by atoms with Gasteiger partial charge in [0.05, 0.1) is 19.6 Å². The van der Waals surface area contributed by atoms with Crippen molar-refractivity contribution in [3.05, 3.63) is 29.3 Å². The third kappa shape index (κ3) is 4.72. The number of ether oxygens (including phenoxy) is 1. The van der Waals surface area contributed by atoms with Crippen LogP contribution in [-0.2, 0) is 4.79 Å². The molecule has 1 aromatic carbocycles. The number of aliphatic carboxylic acids is 1. The lowest BCUT2D eigenvalue weighted by atomic mass is 9.94. The Balaban J connectivity index is 3.14. The summed E-state index contributed by atoms with van der Waals surface area (Å²) in [6.45, 7) is 6.60. The number of carboxylic acids is 1. The van der Waals surface area contributed by atoms with E-state index in [-0.39, 0.29) is 6.42 Å². The average molecular weight is 295 g/mol. The molecule has 0 fully saturated rings. The Labute approximate surface area is 125 Å². The van der Waals surface area contributed by atoms with Gasteiger partial charge in [0.1, 0.15) is 5.75 Å².